The van der Waals surface area contributed by atoms with E-state index in [1.807, 2.05) is 42.2 Å². The fourth-order valence-electron chi connectivity index (χ4n) is 3.40. The zero-order chi connectivity index (χ0) is 20.2. The molecule has 2 heterocycles. The van der Waals surface area contributed by atoms with Gasteiger partial charge in [0.25, 0.3) is 5.91 Å². The number of nitrogens with zero attached hydrogens (tertiary/aromatic N) is 4. The van der Waals surface area contributed by atoms with Crippen LogP contribution in [0.4, 0.5) is 21.6 Å². The molecule has 1 amide bonds. The maximum absolute atomic E-state index is 14.0. The topological polar surface area (TPSA) is 61.4 Å². The molecule has 1 N–H and O–H groups in total. The summed E-state index contributed by atoms with van der Waals surface area (Å²) in [6.07, 6.45) is 0. The summed E-state index contributed by atoms with van der Waals surface area (Å²) in [7, 11) is 0. The Morgan fingerprint density at radius 2 is 1.76 bits per heavy atom. The van der Waals surface area contributed by atoms with Crippen LogP contribution in [0.3, 0.4) is 0 Å². The van der Waals surface area contributed by atoms with Crippen LogP contribution in [0, 0.1) is 12.7 Å². The SMILES string of the molecule is Cc1cccc(Nc2ccc(C(=O)N3CCN(c4ccccc4F)CC3)nn2)c1. The third kappa shape index (κ3) is 4.34. The lowest BCUT2D eigenvalue weighted by atomic mass is 10.2. The highest BCUT2D eigenvalue weighted by Crippen LogP contribution is 2.21. The summed E-state index contributed by atoms with van der Waals surface area (Å²) >= 11 is 0. The Bertz CT molecular complexity index is 1000. The lowest BCUT2D eigenvalue weighted by molar-refractivity contribution is 0.0739. The quantitative estimate of drug-likeness (QED) is 0.736. The van der Waals surface area contributed by atoms with Crippen molar-refractivity contribution in [2.24, 2.45) is 0 Å². The number of aromatic nitrogens is 2. The van der Waals surface area contributed by atoms with Crippen LogP contribution in [-0.2, 0) is 0 Å². The first-order valence-corrected chi connectivity index (χ1v) is 9.56. The molecule has 29 heavy (non-hydrogen) atoms. The zero-order valence-corrected chi connectivity index (χ0v) is 16.2. The van der Waals surface area contributed by atoms with Gasteiger partial charge in [0, 0.05) is 31.9 Å². The highest BCUT2D eigenvalue weighted by molar-refractivity contribution is 5.92. The van der Waals surface area contributed by atoms with E-state index in [2.05, 4.69) is 15.5 Å². The average molecular weight is 391 g/mol. The van der Waals surface area contributed by atoms with Crippen molar-refractivity contribution in [2.45, 2.75) is 6.92 Å². The Hall–Kier alpha value is -3.48. The molecule has 1 fully saturated rings. The molecule has 0 aliphatic carbocycles. The molecule has 4 rings (SSSR count). The zero-order valence-electron chi connectivity index (χ0n) is 16.2. The van der Waals surface area contributed by atoms with E-state index in [9.17, 15) is 9.18 Å². The van der Waals surface area contributed by atoms with E-state index in [0.717, 1.165) is 11.3 Å². The Morgan fingerprint density at radius 1 is 0.966 bits per heavy atom. The highest BCUT2D eigenvalue weighted by atomic mass is 19.1. The van der Waals surface area contributed by atoms with E-state index in [-0.39, 0.29) is 11.7 Å². The predicted molar refractivity (Wildman–Crippen MR) is 111 cm³/mol. The van der Waals surface area contributed by atoms with Gasteiger partial charge in [-0.1, -0.05) is 24.3 Å². The summed E-state index contributed by atoms with van der Waals surface area (Å²) in [4.78, 5) is 16.4. The van der Waals surface area contributed by atoms with Crippen molar-refractivity contribution in [1.29, 1.82) is 0 Å². The van der Waals surface area contributed by atoms with E-state index in [1.54, 1.807) is 29.2 Å². The summed E-state index contributed by atoms with van der Waals surface area (Å²) in [6, 6.07) is 18.1. The van der Waals surface area contributed by atoms with Gasteiger partial charge in [-0.3, -0.25) is 4.79 Å². The van der Waals surface area contributed by atoms with Gasteiger partial charge >= 0.3 is 0 Å². The molecule has 1 aromatic heterocycles. The van der Waals surface area contributed by atoms with Gasteiger partial charge in [-0.2, -0.15) is 0 Å². The van der Waals surface area contributed by atoms with Crippen molar-refractivity contribution < 1.29 is 9.18 Å². The summed E-state index contributed by atoms with van der Waals surface area (Å²) in [5.74, 6) is 0.180. The van der Waals surface area contributed by atoms with Crippen LogP contribution in [0.15, 0.2) is 60.7 Å². The molecule has 2 aromatic carbocycles. The van der Waals surface area contributed by atoms with E-state index in [0.29, 0.717) is 43.4 Å². The van der Waals surface area contributed by atoms with Crippen molar-refractivity contribution in [1.82, 2.24) is 15.1 Å². The molecule has 0 unspecified atom stereocenters. The van der Waals surface area contributed by atoms with Crippen LogP contribution in [0.1, 0.15) is 16.1 Å². The molecule has 0 bridgehead atoms. The number of carbonyl (C=O) groups excluding carboxylic acids is 1. The Labute approximate surface area is 169 Å². The predicted octanol–water partition coefficient (Wildman–Crippen LogP) is 3.63. The third-order valence-electron chi connectivity index (χ3n) is 4.93. The molecule has 0 saturated carbocycles. The molecule has 0 spiro atoms. The molecule has 1 saturated heterocycles. The Morgan fingerprint density at radius 3 is 2.45 bits per heavy atom. The molecule has 3 aromatic rings. The largest absolute Gasteiger partial charge is 0.366 e. The third-order valence-corrected chi connectivity index (χ3v) is 4.93. The number of nitrogens with one attached hydrogen (secondary N) is 1. The van der Waals surface area contributed by atoms with Crippen LogP contribution in [0.2, 0.25) is 0 Å². The molecular formula is C22H22FN5O. The highest BCUT2D eigenvalue weighted by Gasteiger charge is 2.24. The molecule has 6 nitrogen and oxygen atoms in total. The second-order valence-electron chi connectivity index (χ2n) is 7.03. The van der Waals surface area contributed by atoms with Crippen molar-refractivity contribution in [3.63, 3.8) is 0 Å². The van der Waals surface area contributed by atoms with Gasteiger partial charge in [0.2, 0.25) is 0 Å². The number of benzene rings is 2. The van der Waals surface area contributed by atoms with E-state index in [1.165, 1.54) is 6.07 Å². The number of hydrogen-bond acceptors (Lipinski definition) is 5. The number of halogens is 1. The Balaban J connectivity index is 1.37. The first-order chi connectivity index (χ1) is 14.1. The van der Waals surface area contributed by atoms with Gasteiger partial charge in [0.15, 0.2) is 11.5 Å². The standard InChI is InChI=1S/C22H22FN5O/c1-16-5-4-6-17(15-16)24-21-10-9-19(25-26-21)22(29)28-13-11-27(12-14-28)20-8-3-2-7-18(20)23/h2-10,15H,11-14H2,1H3,(H,24,26). The molecule has 1 aliphatic rings. The van der Waals surface area contributed by atoms with Gasteiger partial charge in [-0.05, 0) is 48.9 Å². The number of para-hydroxylation sites is 1. The van der Waals surface area contributed by atoms with Crippen molar-refractivity contribution >= 4 is 23.1 Å². The molecule has 1 aliphatic heterocycles. The van der Waals surface area contributed by atoms with Crippen molar-refractivity contribution in [2.75, 3.05) is 36.4 Å². The fraction of sp³-hybridized carbons (Fsp3) is 0.227. The monoisotopic (exact) mass is 391 g/mol. The van der Waals surface area contributed by atoms with Crippen LogP contribution in [-0.4, -0.2) is 47.2 Å². The molecule has 148 valence electrons. The second kappa shape index (κ2) is 8.26. The number of piperazine rings is 1. The van der Waals surface area contributed by atoms with Gasteiger partial charge in [0.05, 0.1) is 5.69 Å². The average Bonchev–Trinajstić information content (AvgIpc) is 2.74. The van der Waals surface area contributed by atoms with Crippen molar-refractivity contribution in [3.05, 3.63) is 77.7 Å². The maximum atomic E-state index is 14.0. The number of aryl methyl sites for hydroxylation is 1. The van der Waals surface area contributed by atoms with Gasteiger partial charge in [-0.25, -0.2) is 4.39 Å². The van der Waals surface area contributed by atoms with E-state index < -0.39 is 0 Å². The van der Waals surface area contributed by atoms with Gasteiger partial charge in [0.1, 0.15) is 5.82 Å². The van der Waals surface area contributed by atoms with Gasteiger partial charge < -0.3 is 15.1 Å². The second-order valence-corrected chi connectivity index (χ2v) is 7.03. The number of carbonyl (C=O) groups is 1. The summed E-state index contributed by atoms with van der Waals surface area (Å²) < 4.78 is 14.0. The molecule has 0 radical (unpaired) electrons. The summed E-state index contributed by atoms with van der Waals surface area (Å²) in [5.41, 5.74) is 2.94. The Kier molecular flexibility index (Phi) is 5.37. The number of amides is 1. The lowest BCUT2D eigenvalue weighted by Gasteiger charge is -2.36. The van der Waals surface area contributed by atoms with E-state index >= 15 is 0 Å². The van der Waals surface area contributed by atoms with Crippen LogP contribution in [0.25, 0.3) is 0 Å². The smallest absolute Gasteiger partial charge is 0.274 e. The normalized spacial score (nSPS) is 14.0. The van der Waals surface area contributed by atoms with Crippen LogP contribution in [0.5, 0.6) is 0 Å². The first-order valence-electron chi connectivity index (χ1n) is 9.56. The van der Waals surface area contributed by atoms with Crippen LogP contribution >= 0.6 is 0 Å². The molecule has 7 heteroatoms. The first kappa shape index (κ1) is 18.9. The van der Waals surface area contributed by atoms with E-state index in [4.69, 9.17) is 0 Å². The summed E-state index contributed by atoms with van der Waals surface area (Å²) in [6.45, 7) is 4.20. The summed E-state index contributed by atoms with van der Waals surface area (Å²) in [5, 5.41) is 11.4. The lowest BCUT2D eigenvalue weighted by Crippen LogP contribution is -2.49. The van der Waals surface area contributed by atoms with Crippen LogP contribution < -0.4 is 10.2 Å². The number of anilines is 3. The maximum Gasteiger partial charge on any atom is 0.274 e. The minimum atomic E-state index is -0.241. The molecule has 0 atom stereocenters. The minimum absolute atomic E-state index is 0.159. The fourth-order valence-corrected chi connectivity index (χ4v) is 3.40. The molecular weight excluding hydrogens is 369 g/mol. The van der Waals surface area contributed by atoms with Crippen molar-refractivity contribution in [3.8, 4) is 0 Å². The number of hydrogen-bond donors (Lipinski definition) is 1. The number of rotatable bonds is 4. The van der Waals surface area contributed by atoms with Gasteiger partial charge in [-0.15, -0.1) is 10.2 Å². The minimum Gasteiger partial charge on any atom is -0.366 e.